The van der Waals surface area contributed by atoms with E-state index in [0.717, 1.165) is 18.4 Å². The highest BCUT2D eigenvalue weighted by molar-refractivity contribution is 5.36. The van der Waals surface area contributed by atoms with Gasteiger partial charge in [0.1, 0.15) is 0 Å². The zero-order valence-electron chi connectivity index (χ0n) is 7.52. The van der Waals surface area contributed by atoms with Crippen molar-refractivity contribution in [3.8, 4) is 6.07 Å². The summed E-state index contributed by atoms with van der Waals surface area (Å²) >= 11 is 0. The molecule has 12 heavy (non-hydrogen) atoms. The Kier molecular flexibility index (Phi) is 2.88. The van der Waals surface area contributed by atoms with E-state index in [-0.39, 0.29) is 0 Å². The van der Waals surface area contributed by atoms with Crippen molar-refractivity contribution in [2.75, 3.05) is 0 Å². The van der Waals surface area contributed by atoms with E-state index >= 15 is 0 Å². The zero-order valence-corrected chi connectivity index (χ0v) is 7.52. The van der Waals surface area contributed by atoms with Crippen LogP contribution in [0.25, 0.3) is 0 Å². The lowest BCUT2D eigenvalue weighted by atomic mass is 10.0. The standard InChI is InChI=1S/C11H12N/c1-3-9-5-10(4-2)7-11(6-9)8-12/h5-6H,3-4H2,1-2H3. The van der Waals surface area contributed by atoms with E-state index in [1.54, 1.807) is 0 Å². The number of benzene rings is 1. The third-order valence-electron chi connectivity index (χ3n) is 1.89. The van der Waals surface area contributed by atoms with Crippen LogP contribution in [0.4, 0.5) is 0 Å². The van der Waals surface area contributed by atoms with E-state index in [2.05, 4.69) is 32.0 Å². The van der Waals surface area contributed by atoms with Gasteiger partial charge in [-0.3, -0.25) is 0 Å². The number of rotatable bonds is 2. The smallest absolute Gasteiger partial charge is 0.0998 e. The molecule has 0 N–H and O–H groups in total. The second kappa shape index (κ2) is 3.92. The van der Waals surface area contributed by atoms with Gasteiger partial charge in [0.2, 0.25) is 0 Å². The van der Waals surface area contributed by atoms with Gasteiger partial charge >= 0.3 is 0 Å². The fraction of sp³-hybridized carbons (Fsp3) is 0.364. The SMILES string of the molecule is CCc1[c]c(C#N)cc(CC)c1. The second-order valence-corrected chi connectivity index (χ2v) is 2.75. The van der Waals surface area contributed by atoms with Gasteiger partial charge < -0.3 is 0 Å². The molecule has 1 aromatic carbocycles. The highest BCUT2D eigenvalue weighted by atomic mass is 14.2. The van der Waals surface area contributed by atoms with Crippen molar-refractivity contribution in [2.24, 2.45) is 0 Å². The molecule has 0 aliphatic heterocycles. The Balaban J connectivity index is 3.12. The molecule has 0 aliphatic rings. The molecular formula is C11H12N. The summed E-state index contributed by atoms with van der Waals surface area (Å²) < 4.78 is 0. The summed E-state index contributed by atoms with van der Waals surface area (Å²) in [6.07, 6.45) is 1.93. The lowest BCUT2D eigenvalue weighted by Crippen LogP contribution is -1.88. The summed E-state index contributed by atoms with van der Waals surface area (Å²) in [4.78, 5) is 0. The molecule has 0 atom stereocenters. The predicted molar refractivity (Wildman–Crippen MR) is 48.7 cm³/mol. The van der Waals surface area contributed by atoms with Crippen LogP contribution in [0.3, 0.4) is 0 Å². The van der Waals surface area contributed by atoms with Gasteiger partial charge in [-0.15, -0.1) is 0 Å². The zero-order chi connectivity index (χ0) is 8.97. The number of aryl methyl sites for hydroxylation is 2. The fourth-order valence-electron chi connectivity index (χ4n) is 1.15. The van der Waals surface area contributed by atoms with Crippen LogP contribution < -0.4 is 0 Å². The highest BCUT2D eigenvalue weighted by Crippen LogP contribution is 2.09. The maximum atomic E-state index is 8.70. The molecule has 0 aliphatic carbocycles. The van der Waals surface area contributed by atoms with Gasteiger partial charge in [-0.25, -0.2) is 0 Å². The van der Waals surface area contributed by atoms with E-state index in [9.17, 15) is 0 Å². The largest absolute Gasteiger partial charge is 0.192 e. The van der Waals surface area contributed by atoms with Crippen LogP contribution in [0.5, 0.6) is 0 Å². The third kappa shape index (κ3) is 1.85. The van der Waals surface area contributed by atoms with Crippen LogP contribution in [0, 0.1) is 17.4 Å². The topological polar surface area (TPSA) is 23.8 Å². The van der Waals surface area contributed by atoms with Crippen LogP contribution >= 0.6 is 0 Å². The highest BCUT2D eigenvalue weighted by Gasteiger charge is 1.97. The first kappa shape index (κ1) is 8.80. The Morgan fingerprint density at radius 3 is 2.58 bits per heavy atom. The molecule has 0 fully saturated rings. The van der Waals surface area contributed by atoms with Crippen molar-refractivity contribution >= 4 is 0 Å². The van der Waals surface area contributed by atoms with E-state index in [1.165, 1.54) is 5.56 Å². The van der Waals surface area contributed by atoms with Crippen LogP contribution in [0.1, 0.15) is 30.5 Å². The molecule has 0 amide bonds. The maximum absolute atomic E-state index is 8.70. The molecule has 0 saturated heterocycles. The minimum atomic E-state index is 0.659. The first-order valence-corrected chi connectivity index (χ1v) is 4.25. The molecule has 0 saturated carbocycles. The predicted octanol–water partition coefficient (Wildman–Crippen LogP) is 2.48. The molecule has 0 unspecified atom stereocenters. The quantitative estimate of drug-likeness (QED) is 0.648. The average molecular weight is 158 g/mol. The lowest BCUT2D eigenvalue weighted by Gasteiger charge is -2.00. The first-order chi connectivity index (χ1) is 5.80. The molecule has 0 aromatic heterocycles. The van der Waals surface area contributed by atoms with Gasteiger partial charge in [-0.2, -0.15) is 5.26 Å². The minimum Gasteiger partial charge on any atom is -0.192 e. The lowest BCUT2D eigenvalue weighted by molar-refractivity contribution is 1.08. The van der Waals surface area contributed by atoms with Gasteiger partial charge in [-0.05, 0) is 30.0 Å². The molecule has 1 rings (SSSR count). The van der Waals surface area contributed by atoms with Crippen molar-refractivity contribution < 1.29 is 0 Å². The van der Waals surface area contributed by atoms with Crippen molar-refractivity contribution in [1.29, 1.82) is 5.26 Å². The number of hydrogen-bond acceptors (Lipinski definition) is 1. The van der Waals surface area contributed by atoms with Crippen molar-refractivity contribution in [2.45, 2.75) is 26.7 Å². The van der Waals surface area contributed by atoms with Crippen LogP contribution in [-0.4, -0.2) is 0 Å². The van der Waals surface area contributed by atoms with Crippen molar-refractivity contribution in [3.05, 3.63) is 34.9 Å². The van der Waals surface area contributed by atoms with Gasteiger partial charge in [0.15, 0.2) is 0 Å². The monoisotopic (exact) mass is 158 g/mol. The van der Waals surface area contributed by atoms with Crippen molar-refractivity contribution in [3.63, 3.8) is 0 Å². The summed E-state index contributed by atoms with van der Waals surface area (Å²) in [6.45, 7) is 4.17. The molecule has 1 aromatic rings. The number of nitriles is 1. The number of nitrogens with zero attached hydrogens (tertiary/aromatic N) is 1. The number of hydrogen-bond donors (Lipinski definition) is 0. The maximum Gasteiger partial charge on any atom is 0.0998 e. The molecule has 0 spiro atoms. The Morgan fingerprint density at radius 2 is 2.08 bits per heavy atom. The fourth-order valence-corrected chi connectivity index (χ4v) is 1.15. The van der Waals surface area contributed by atoms with E-state index in [4.69, 9.17) is 5.26 Å². The normalized spacial score (nSPS) is 9.42. The Morgan fingerprint density at radius 1 is 1.33 bits per heavy atom. The van der Waals surface area contributed by atoms with Crippen LogP contribution in [-0.2, 0) is 12.8 Å². The minimum absolute atomic E-state index is 0.659. The Labute approximate surface area is 73.6 Å². The summed E-state index contributed by atoms with van der Waals surface area (Å²) in [6, 6.07) is 9.19. The van der Waals surface area contributed by atoms with Gasteiger partial charge in [0, 0.05) is 6.07 Å². The molecule has 0 bridgehead atoms. The molecule has 1 nitrogen and oxygen atoms in total. The molecular weight excluding hydrogens is 146 g/mol. The summed E-state index contributed by atoms with van der Waals surface area (Å²) in [7, 11) is 0. The second-order valence-electron chi connectivity index (χ2n) is 2.75. The van der Waals surface area contributed by atoms with Crippen LogP contribution in [0.15, 0.2) is 12.1 Å². The third-order valence-corrected chi connectivity index (χ3v) is 1.89. The Hall–Kier alpha value is -1.29. The Bertz CT molecular complexity index is 285. The first-order valence-electron chi connectivity index (χ1n) is 4.25. The van der Waals surface area contributed by atoms with Crippen molar-refractivity contribution in [1.82, 2.24) is 0 Å². The van der Waals surface area contributed by atoms with Gasteiger partial charge in [0.05, 0.1) is 11.6 Å². The van der Waals surface area contributed by atoms with E-state index in [1.807, 2.05) is 6.07 Å². The summed E-state index contributed by atoms with van der Waals surface area (Å²) in [5.41, 5.74) is 3.01. The van der Waals surface area contributed by atoms with E-state index < -0.39 is 0 Å². The van der Waals surface area contributed by atoms with E-state index in [0.29, 0.717) is 5.56 Å². The molecule has 61 valence electrons. The summed E-state index contributed by atoms with van der Waals surface area (Å²) in [5, 5.41) is 8.70. The summed E-state index contributed by atoms with van der Waals surface area (Å²) in [5.74, 6) is 0. The molecule has 1 radical (unpaired) electrons. The van der Waals surface area contributed by atoms with Gasteiger partial charge in [-0.1, -0.05) is 19.9 Å². The average Bonchev–Trinajstić information content (AvgIpc) is 2.16. The van der Waals surface area contributed by atoms with Gasteiger partial charge in [0.25, 0.3) is 0 Å². The molecule has 0 heterocycles. The van der Waals surface area contributed by atoms with Crippen LogP contribution in [0.2, 0.25) is 0 Å². The molecule has 1 heteroatoms.